The summed E-state index contributed by atoms with van der Waals surface area (Å²) in [6, 6.07) is 13.3. The Morgan fingerprint density at radius 2 is 1.93 bits per heavy atom. The van der Waals surface area contributed by atoms with E-state index in [0.29, 0.717) is 13.1 Å². The molecule has 2 N–H and O–H groups in total. The van der Waals surface area contributed by atoms with Gasteiger partial charge in [0.1, 0.15) is 23.1 Å². The number of para-hydroxylation sites is 1. The number of hydrogen-bond donors (Lipinski definition) is 2. The lowest BCUT2D eigenvalue weighted by atomic mass is 10.0. The number of anilines is 1. The summed E-state index contributed by atoms with van der Waals surface area (Å²) in [6.07, 6.45) is 4.34. The number of ether oxygens (including phenoxy) is 1. The van der Waals surface area contributed by atoms with Crippen LogP contribution in [0.4, 0.5) is 15.9 Å². The zero-order chi connectivity index (χ0) is 20.5. The first-order valence-corrected chi connectivity index (χ1v) is 10.4. The van der Waals surface area contributed by atoms with Crippen LogP contribution < -0.4 is 10.1 Å². The molecule has 5 rings (SSSR count). The summed E-state index contributed by atoms with van der Waals surface area (Å²) in [5.41, 5.74) is 5.41. The first-order valence-electron chi connectivity index (χ1n) is 10.4. The van der Waals surface area contributed by atoms with E-state index in [4.69, 9.17) is 9.73 Å². The predicted octanol–water partition coefficient (Wildman–Crippen LogP) is 4.97. The number of nitrogens with one attached hydrogen (secondary N) is 2. The van der Waals surface area contributed by atoms with E-state index >= 15 is 0 Å². The Hall–Kier alpha value is -3.12. The lowest BCUT2D eigenvalue weighted by Gasteiger charge is -2.19. The Morgan fingerprint density at radius 3 is 2.77 bits per heavy atom. The first kappa shape index (κ1) is 18.9. The van der Waals surface area contributed by atoms with Crippen molar-refractivity contribution in [3.63, 3.8) is 0 Å². The largest absolute Gasteiger partial charge is 0.496 e. The highest BCUT2D eigenvalue weighted by Crippen LogP contribution is 2.42. The number of H-pyrrole nitrogens is 1. The van der Waals surface area contributed by atoms with Crippen LogP contribution in [-0.4, -0.2) is 42.3 Å². The zero-order valence-corrected chi connectivity index (χ0v) is 17.0. The van der Waals surface area contributed by atoms with Gasteiger partial charge in [-0.2, -0.15) is 0 Å². The van der Waals surface area contributed by atoms with Crippen LogP contribution in [-0.2, 0) is 6.54 Å². The second-order valence-electron chi connectivity index (χ2n) is 7.83. The molecule has 5 nitrogen and oxygen atoms in total. The number of likely N-dealkylation sites (tertiary alicyclic amines) is 1. The molecule has 0 radical (unpaired) electrons. The Labute approximate surface area is 175 Å². The van der Waals surface area contributed by atoms with E-state index in [1.165, 1.54) is 12.8 Å². The van der Waals surface area contributed by atoms with E-state index in [1.807, 2.05) is 42.6 Å². The zero-order valence-electron chi connectivity index (χ0n) is 17.0. The number of benzene rings is 2. The van der Waals surface area contributed by atoms with Gasteiger partial charge in [0.25, 0.3) is 0 Å². The highest BCUT2D eigenvalue weighted by atomic mass is 19.1. The fourth-order valence-electron chi connectivity index (χ4n) is 4.31. The maximum absolute atomic E-state index is 14.4. The maximum atomic E-state index is 14.4. The van der Waals surface area contributed by atoms with Crippen molar-refractivity contribution in [3.05, 3.63) is 65.6 Å². The summed E-state index contributed by atoms with van der Waals surface area (Å²) in [5.74, 6) is 1.54. The monoisotopic (exact) mass is 404 g/mol. The molecule has 3 heterocycles. The van der Waals surface area contributed by atoms with Gasteiger partial charge in [-0.05, 0) is 49.7 Å². The van der Waals surface area contributed by atoms with Gasteiger partial charge in [-0.15, -0.1) is 0 Å². The van der Waals surface area contributed by atoms with Crippen LogP contribution in [0, 0.1) is 5.82 Å². The van der Waals surface area contributed by atoms with Gasteiger partial charge in [0, 0.05) is 29.4 Å². The van der Waals surface area contributed by atoms with E-state index in [1.54, 1.807) is 13.2 Å². The maximum Gasteiger partial charge on any atom is 0.130 e. The molecule has 0 spiro atoms. The van der Waals surface area contributed by atoms with Crippen LogP contribution in [0.5, 0.6) is 5.75 Å². The van der Waals surface area contributed by atoms with Gasteiger partial charge in [0.05, 0.1) is 19.4 Å². The molecule has 2 aliphatic heterocycles. The molecule has 3 aromatic rings. The third-order valence-corrected chi connectivity index (χ3v) is 5.90. The summed E-state index contributed by atoms with van der Waals surface area (Å²) < 4.78 is 20.0. The second kappa shape index (κ2) is 7.95. The van der Waals surface area contributed by atoms with Crippen LogP contribution in [0.2, 0.25) is 0 Å². The normalized spacial score (nSPS) is 16.1. The minimum absolute atomic E-state index is 0.146. The van der Waals surface area contributed by atoms with Crippen LogP contribution in [0.3, 0.4) is 0 Å². The van der Waals surface area contributed by atoms with Crippen molar-refractivity contribution in [1.29, 1.82) is 0 Å². The number of aliphatic imine (C=N–C) groups is 1. The number of fused-ring (bicyclic) bond motifs is 1. The van der Waals surface area contributed by atoms with Crippen molar-refractivity contribution >= 4 is 17.2 Å². The summed E-state index contributed by atoms with van der Waals surface area (Å²) in [5, 5.41) is 3.41. The van der Waals surface area contributed by atoms with Gasteiger partial charge >= 0.3 is 0 Å². The van der Waals surface area contributed by atoms with Crippen LogP contribution >= 0.6 is 0 Å². The fourth-order valence-corrected chi connectivity index (χ4v) is 4.31. The first-order chi connectivity index (χ1) is 14.7. The van der Waals surface area contributed by atoms with Gasteiger partial charge in [0.2, 0.25) is 0 Å². The Kier molecular flexibility index (Phi) is 5.01. The number of aromatic nitrogens is 1. The fraction of sp³-hybridized carbons (Fsp3) is 0.292. The summed E-state index contributed by atoms with van der Waals surface area (Å²) in [7, 11) is 1.67. The molecule has 0 amide bonds. The third kappa shape index (κ3) is 3.48. The van der Waals surface area contributed by atoms with Crippen LogP contribution in [0.15, 0.2) is 53.7 Å². The summed E-state index contributed by atoms with van der Waals surface area (Å²) in [4.78, 5) is 10.6. The quantitative estimate of drug-likeness (QED) is 0.631. The number of halogens is 1. The second-order valence-corrected chi connectivity index (χ2v) is 7.83. The molecule has 1 saturated heterocycles. The van der Waals surface area contributed by atoms with Crippen molar-refractivity contribution in [1.82, 2.24) is 9.88 Å². The predicted molar refractivity (Wildman–Crippen MR) is 118 cm³/mol. The molecule has 0 atom stereocenters. The summed E-state index contributed by atoms with van der Waals surface area (Å²) in [6.45, 7) is 3.33. The Bertz CT molecular complexity index is 1100. The topological polar surface area (TPSA) is 52.6 Å². The molecular weight excluding hydrogens is 379 g/mol. The molecule has 2 aliphatic rings. The Morgan fingerprint density at radius 1 is 1.10 bits per heavy atom. The average molecular weight is 404 g/mol. The number of methoxy groups -OCH3 is 1. The lowest BCUT2D eigenvalue weighted by molar-refractivity contribution is 0.325. The molecule has 6 heteroatoms. The minimum atomic E-state index is -0.146. The number of hydrogen-bond acceptors (Lipinski definition) is 4. The highest BCUT2D eigenvalue weighted by Gasteiger charge is 2.21. The standard InChI is InChI=1S/C24H25FN4O/c1-30-22-7-3-2-6-18(22)19-13-26-24-23(19)28-21(14-27-24)16-8-9-20(25)17(12-16)15-29-10-4-5-11-29/h2-3,6-9,12-13,26-27H,4-5,10-11,14-15H2,1H3. The van der Waals surface area contributed by atoms with Gasteiger partial charge in [-0.1, -0.05) is 24.3 Å². The van der Waals surface area contributed by atoms with Crippen molar-refractivity contribution in [2.24, 2.45) is 4.99 Å². The Balaban J connectivity index is 1.50. The lowest BCUT2D eigenvalue weighted by Crippen LogP contribution is -2.21. The SMILES string of the molecule is COc1ccccc1-c1c[nH]c2c1N=C(c1ccc(F)c(CN3CCCC3)c1)CN2. The van der Waals surface area contributed by atoms with E-state index in [9.17, 15) is 4.39 Å². The van der Waals surface area contributed by atoms with Gasteiger partial charge in [-0.3, -0.25) is 4.90 Å². The van der Waals surface area contributed by atoms with Crippen molar-refractivity contribution in [2.45, 2.75) is 19.4 Å². The van der Waals surface area contributed by atoms with Gasteiger partial charge in [-0.25, -0.2) is 9.38 Å². The molecule has 0 aliphatic carbocycles. The molecule has 0 saturated carbocycles. The number of rotatable bonds is 5. The molecule has 0 bridgehead atoms. The molecular formula is C24H25FN4O. The molecule has 1 aromatic heterocycles. The molecule has 2 aromatic carbocycles. The van der Waals surface area contributed by atoms with E-state index in [-0.39, 0.29) is 5.82 Å². The summed E-state index contributed by atoms with van der Waals surface area (Å²) >= 11 is 0. The third-order valence-electron chi connectivity index (χ3n) is 5.90. The highest BCUT2D eigenvalue weighted by molar-refractivity contribution is 6.08. The van der Waals surface area contributed by atoms with Crippen LogP contribution in [0.1, 0.15) is 24.0 Å². The smallest absolute Gasteiger partial charge is 0.130 e. The van der Waals surface area contributed by atoms with E-state index < -0.39 is 0 Å². The van der Waals surface area contributed by atoms with Gasteiger partial charge in [0.15, 0.2) is 0 Å². The van der Waals surface area contributed by atoms with E-state index in [0.717, 1.165) is 58.3 Å². The number of nitrogens with zero attached hydrogens (tertiary/aromatic N) is 2. The van der Waals surface area contributed by atoms with Gasteiger partial charge < -0.3 is 15.0 Å². The van der Waals surface area contributed by atoms with Crippen molar-refractivity contribution in [3.8, 4) is 16.9 Å². The van der Waals surface area contributed by atoms with Crippen LogP contribution in [0.25, 0.3) is 11.1 Å². The average Bonchev–Trinajstić information content (AvgIpc) is 3.44. The molecule has 1 fully saturated rings. The number of aromatic amines is 1. The van der Waals surface area contributed by atoms with Crippen molar-refractivity contribution in [2.75, 3.05) is 32.1 Å². The molecule has 0 unspecified atom stereocenters. The molecule has 154 valence electrons. The van der Waals surface area contributed by atoms with E-state index in [2.05, 4.69) is 15.2 Å². The minimum Gasteiger partial charge on any atom is -0.496 e. The molecule has 30 heavy (non-hydrogen) atoms. The van der Waals surface area contributed by atoms with Crippen molar-refractivity contribution < 1.29 is 9.13 Å².